The van der Waals surface area contributed by atoms with Crippen molar-refractivity contribution in [3.8, 4) is 0 Å². The van der Waals surface area contributed by atoms with E-state index in [4.69, 9.17) is 0 Å². The van der Waals surface area contributed by atoms with Crippen LogP contribution in [-0.2, 0) is 6.42 Å². The number of likely N-dealkylation sites (tertiary alicyclic amines) is 1. The molecule has 2 aromatic heterocycles. The monoisotopic (exact) mass is 290 g/mol. The Hall–Kier alpha value is -1.69. The Labute approximate surface area is 122 Å². The topological polar surface area (TPSA) is 61.9 Å². The second-order valence-corrected chi connectivity index (χ2v) is 6.01. The van der Waals surface area contributed by atoms with Gasteiger partial charge >= 0.3 is 0 Å². The van der Waals surface area contributed by atoms with E-state index < -0.39 is 0 Å². The zero-order valence-electron chi connectivity index (χ0n) is 11.5. The molecule has 1 amide bonds. The molecule has 0 aromatic carbocycles. The van der Waals surface area contributed by atoms with E-state index in [2.05, 4.69) is 33.6 Å². The highest BCUT2D eigenvalue weighted by Crippen LogP contribution is 2.35. The van der Waals surface area contributed by atoms with Crippen molar-refractivity contribution in [2.45, 2.75) is 38.6 Å². The normalized spacial score (nSPS) is 18.6. The van der Waals surface area contributed by atoms with Crippen molar-refractivity contribution in [2.24, 2.45) is 0 Å². The second-order valence-electron chi connectivity index (χ2n) is 5.03. The van der Waals surface area contributed by atoms with Gasteiger partial charge in [-0.25, -0.2) is 4.98 Å². The summed E-state index contributed by atoms with van der Waals surface area (Å²) in [5, 5.41) is 8.98. The SMILES string of the molecule is CCCc1nc(C(=O)N2CCCC2c2cccs2)n[nH]1. The number of thiophene rings is 1. The molecule has 0 bridgehead atoms. The van der Waals surface area contributed by atoms with Gasteiger partial charge in [0.25, 0.3) is 5.91 Å². The van der Waals surface area contributed by atoms with E-state index in [1.54, 1.807) is 11.3 Å². The fourth-order valence-electron chi connectivity index (χ4n) is 2.65. The number of carbonyl (C=O) groups is 1. The van der Waals surface area contributed by atoms with Crippen molar-refractivity contribution in [1.82, 2.24) is 20.1 Å². The number of amides is 1. The third kappa shape index (κ3) is 2.47. The molecule has 0 aliphatic carbocycles. The second kappa shape index (κ2) is 5.75. The number of aryl methyl sites for hydroxylation is 1. The Kier molecular flexibility index (Phi) is 3.82. The van der Waals surface area contributed by atoms with E-state index in [0.29, 0.717) is 5.82 Å². The average Bonchev–Trinajstić information content (AvgIpc) is 3.19. The van der Waals surface area contributed by atoms with Crippen molar-refractivity contribution in [1.29, 1.82) is 0 Å². The Morgan fingerprint density at radius 2 is 2.50 bits per heavy atom. The minimum Gasteiger partial charge on any atom is -0.328 e. The fourth-order valence-corrected chi connectivity index (χ4v) is 3.53. The van der Waals surface area contributed by atoms with Gasteiger partial charge in [0.15, 0.2) is 0 Å². The van der Waals surface area contributed by atoms with Crippen LogP contribution in [0.1, 0.15) is 53.5 Å². The van der Waals surface area contributed by atoms with Gasteiger partial charge in [-0.1, -0.05) is 13.0 Å². The number of carbonyl (C=O) groups excluding carboxylic acids is 1. The van der Waals surface area contributed by atoms with Crippen molar-refractivity contribution >= 4 is 17.2 Å². The zero-order valence-corrected chi connectivity index (χ0v) is 12.3. The number of hydrogen-bond acceptors (Lipinski definition) is 4. The smallest absolute Gasteiger partial charge is 0.294 e. The molecule has 0 radical (unpaired) electrons. The van der Waals surface area contributed by atoms with Crippen molar-refractivity contribution in [3.05, 3.63) is 34.0 Å². The maximum Gasteiger partial charge on any atom is 0.294 e. The Morgan fingerprint density at radius 1 is 1.60 bits per heavy atom. The first-order valence-corrected chi connectivity index (χ1v) is 7.93. The quantitative estimate of drug-likeness (QED) is 0.941. The van der Waals surface area contributed by atoms with Gasteiger partial charge < -0.3 is 4.90 Å². The van der Waals surface area contributed by atoms with Gasteiger partial charge in [0.2, 0.25) is 5.82 Å². The molecule has 1 aliphatic heterocycles. The number of rotatable bonds is 4. The number of aromatic amines is 1. The molecule has 6 heteroatoms. The van der Waals surface area contributed by atoms with E-state index in [9.17, 15) is 4.79 Å². The highest BCUT2D eigenvalue weighted by molar-refractivity contribution is 7.10. The van der Waals surface area contributed by atoms with Crippen LogP contribution in [0.3, 0.4) is 0 Å². The molecular formula is C14H18N4OS. The van der Waals surface area contributed by atoms with Crippen LogP contribution in [0.25, 0.3) is 0 Å². The minimum absolute atomic E-state index is 0.0560. The van der Waals surface area contributed by atoms with Gasteiger partial charge in [0.1, 0.15) is 5.82 Å². The average molecular weight is 290 g/mol. The molecule has 1 fully saturated rings. The highest BCUT2D eigenvalue weighted by atomic mass is 32.1. The van der Waals surface area contributed by atoms with Crippen LogP contribution in [0.15, 0.2) is 17.5 Å². The summed E-state index contributed by atoms with van der Waals surface area (Å²) in [6.45, 7) is 2.87. The molecule has 1 N–H and O–H groups in total. The van der Waals surface area contributed by atoms with Gasteiger partial charge in [-0.15, -0.1) is 16.4 Å². The summed E-state index contributed by atoms with van der Waals surface area (Å²) in [6, 6.07) is 4.32. The zero-order chi connectivity index (χ0) is 13.9. The summed E-state index contributed by atoms with van der Waals surface area (Å²) >= 11 is 1.71. The lowest BCUT2D eigenvalue weighted by Gasteiger charge is -2.22. The van der Waals surface area contributed by atoms with E-state index in [-0.39, 0.29) is 11.9 Å². The van der Waals surface area contributed by atoms with Gasteiger partial charge in [0, 0.05) is 17.8 Å². The van der Waals surface area contributed by atoms with Crippen LogP contribution in [0.2, 0.25) is 0 Å². The Bertz CT molecular complexity index is 578. The van der Waals surface area contributed by atoms with Gasteiger partial charge in [-0.3, -0.25) is 9.89 Å². The van der Waals surface area contributed by atoms with Crippen LogP contribution < -0.4 is 0 Å². The van der Waals surface area contributed by atoms with E-state index in [1.165, 1.54) is 4.88 Å². The number of nitrogens with one attached hydrogen (secondary N) is 1. The fraction of sp³-hybridized carbons (Fsp3) is 0.500. The van der Waals surface area contributed by atoms with Gasteiger partial charge in [0.05, 0.1) is 6.04 Å². The first-order valence-electron chi connectivity index (χ1n) is 7.05. The maximum atomic E-state index is 12.6. The summed E-state index contributed by atoms with van der Waals surface area (Å²) in [6.07, 6.45) is 3.89. The molecule has 3 heterocycles. The summed E-state index contributed by atoms with van der Waals surface area (Å²) in [5.74, 6) is 1.04. The highest BCUT2D eigenvalue weighted by Gasteiger charge is 2.32. The van der Waals surface area contributed by atoms with Crippen LogP contribution in [0.4, 0.5) is 0 Å². The summed E-state index contributed by atoms with van der Waals surface area (Å²) < 4.78 is 0. The van der Waals surface area contributed by atoms with Crippen molar-refractivity contribution in [2.75, 3.05) is 6.54 Å². The van der Waals surface area contributed by atoms with E-state index in [1.807, 2.05) is 11.0 Å². The molecule has 5 nitrogen and oxygen atoms in total. The number of aromatic nitrogens is 3. The summed E-state index contributed by atoms with van der Waals surface area (Å²) in [5.41, 5.74) is 0. The lowest BCUT2D eigenvalue weighted by atomic mass is 10.2. The van der Waals surface area contributed by atoms with Crippen LogP contribution in [0, 0.1) is 0 Å². The molecule has 106 valence electrons. The molecule has 2 aromatic rings. The minimum atomic E-state index is -0.0560. The standard InChI is InChI=1S/C14H18N4OS/c1-2-5-12-15-13(17-16-12)14(19)18-8-3-6-10(18)11-7-4-9-20-11/h4,7,9-10H,2-3,5-6,8H2,1H3,(H,15,16,17). The largest absolute Gasteiger partial charge is 0.328 e. The van der Waals surface area contributed by atoms with E-state index >= 15 is 0 Å². The molecule has 3 rings (SSSR count). The molecule has 20 heavy (non-hydrogen) atoms. The van der Waals surface area contributed by atoms with Crippen LogP contribution in [-0.4, -0.2) is 32.5 Å². The molecule has 1 aliphatic rings. The van der Waals surface area contributed by atoms with Crippen LogP contribution >= 0.6 is 11.3 Å². The van der Waals surface area contributed by atoms with Gasteiger partial charge in [-0.05, 0) is 30.7 Å². The predicted molar refractivity (Wildman–Crippen MR) is 77.7 cm³/mol. The lowest BCUT2D eigenvalue weighted by molar-refractivity contribution is 0.0726. The van der Waals surface area contributed by atoms with Crippen molar-refractivity contribution < 1.29 is 4.79 Å². The van der Waals surface area contributed by atoms with E-state index in [0.717, 1.165) is 38.1 Å². The molecule has 1 unspecified atom stereocenters. The number of nitrogens with zero attached hydrogens (tertiary/aromatic N) is 3. The molecule has 0 saturated carbocycles. The van der Waals surface area contributed by atoms with Crippen molar-refractivity contribution in [3.63, 3.8) is 0 Å². The predicted octanol–water partition coefficient (Wildman–Crippen LogP) is 2.80. The Balaban J connectivity index is 1.78. The maximum absolute atomic E-state index is 12.6. The van der Waals surface area contributed by atoms with Gasteiger partial charge in [-0.2, -0.15) is 0 Å². The third-order valence-electron chi connectivity index (χ3n) is 3.60. The molecular weight excluding hydrogens is 272 g/mol. The molecule has 1 saturated heterocycles. The summed E-state index contributed by atoms with van der Waals surface area (Å²) in [7, 11) is 0. The lowest BCUT2D eigenvalue weighted by Crippen LogP contribution is -2.31. The third-order valence-corrected chi connectivity index (χ3v) is 4.57. The first-order chi connectivity index (χ1) is 9.79. The van der Waals surface area contributed by atoms with Crippen LogP contribution in [0.5, 0.6) is 0 Å². The number of H-pyrrole nitrogens is 1. The summed E-state index contributed by atoms with van der Waals surface area (Å²) in [4.78, 5) is 20.0. The molecule has 1 atom stereocenters. The number of hydrogen-bond donors (Lipinski definition) is 1. The Morgan fingerprint density at radius 3 is 3.25 bits per heavy atom. The first kappa shape index (κ1) is 13.3. The molecule has 0 spiro atoms.